The van der Waals surface area contributed by atoms with Crippen molar-refractivity contribution in [1.29, 1.82) is 5.26 Å². The van der Waals surface area contributed by atoms with Gasteiger partial charge in [-0.3, -0.25) is 0 Å². The summed E-state index contributed by atoms with van der Waals surface area (Å²) < 4.78 is 33.3. The Morgan fingerprint density at radius 2 is 2.00 bits per heavy atom. The van der Waals surface area contributed by atoms with E-state index in [0.717, 1.165) is 38.9 Å². The molecular formula is C23H33N5O3S. The van der Waals surface area contributed by atoms with Gasteiger partial charge in [-0.15, -0.1) is 0 Å². The van der Waals surface area contributed by atoms with Crippen LogP contribution in [0.4, 0.5) is 5.88 Å². The molecule has 0 aliphatic carbocycles. The van der Waals surface area contributed by atoms with Crippen LogP contribution in [-0.2, 0) is 10.0 Å². The molecule has 174 valence electrons. The van der Waals surface area contributed by atoms with Crippen LogP contribution in [0, 0.1) is 17.2 Å². The van der Waals surface area contributed by atoms with Gasteiger partial charge >= 0.3 is 0 Å². The second-order valence-corrected chi connectivity index (χ2v) is 10.2. The van der Waals surface area contributed by atoms with Crippen molar-refractivity contribution in [2.24, 2.45) is 5.92 Å². The van der Waals surface area contributed by atoms with E-state index in [1.165, 1.54) is 0 Å². The molecule has 1 aromatic heterocycles. The Morgan fingerprint density at radius 3 is 2.62 bits per heavy atom. The number of nitrogens with zero attached hydrogens (tertiary/aromatic N) is 4. The van der Waals surface area contributed by atoms with E-state index in [0.29, 0.717) is 42.9 Å². The zero-order valence-electron chi connectivity index (χ0n) is 19.2. The van der Waals surface area contributed by atoms with Crippen LogP contribution in [-0.4, -0.2) is 61.9 Å². The molecule has 3 rings (SSSR count). The summed E-state index contributed by atoms with van der Waals surface area (Å²) >= 11 is 0. The molecule has 2 heterocycles. The van der Waals surface area contributed by atoms with Gasteiger partial charge in [0.1, 0.15) is 6.07 Å². The van der Waals surface area contributed by atoms with E-state index < -0.39 is 10.0 Å². The van der Waals surface area contributed by atoms with Gasteiger partial charge in [-0.05, 0) is 69.1 Å². The molecule has 1 saturated heterocycles. The highest BCUT2D eigenvalue weighted by molar-refractivity contribution is 7.89. The molecule has 9 heteroatoms. The van der Waals surface area contributed by atoms with Crippen LogP contribution in [0.25, 0.3) is 11.5 Å². The second kappa shape index (κ2) is 10.9. The van der Waals surface area contributed by atoms with Gasteiger partial charge in [-0.1, -0.05) is 20.8 Å². The van der Waals surface area contributed by atoms with Gasteiger partial charge < -0.3 is 14.6 Å². The minimum Gasteiger partial charge on any atom is -0.419 e. The molecule has 1 aliphatic rings. The Balaban J connectivity index is 1.69. The molecule has 1 atom stereocenters. The minimum atomic E-state index is -3.51. The van der Waals surface area contributed by atoms with Gasteiger partial charge in [0.25, 0.3) is 0 Å². The molecule has 0 bridgehead atoms. The number of piperidine rings is 1. The summed E-state index contributed by atoms with van der Waals surface area (Å²) in [5.74, 6) is 1.01. The maximum Gasteiger partial charge on any atom is 0.243 e. The third-order valence-electron chi connectivity index (χ3n) is 5.92. The quantitative estimate of drug-likeness (QED) is 0.539. The van der Waals surface area contributed by atoms with Crippen LogP contribution < -0.4 is 5.32 Å². The lowest BCUT2D eigenvalue weighted by Crippen LogP contribution is -2.39. The molecule has 1 fully saturated rings. The Morgan fingerprint density at radius 1 is 1.28 bits per heavy atom. The van der Waals surface area contributed by atoms with Crippen molar-refractivity contribution in [3.05, 3.63) is 30.0 Å². The summed E-state index contributed by atoms with van der Waals surface area (Å²) in [7, 11) is -3.51. The number of aromatic nitrogens is 1. The smallest absolute Gasteiger partial charge is 0.243 e. The van der Waals surface area contributed by atoms with E-state index >= 15 is 0 Å². The fourth-order valence-electron chi connectivity index (χ4n) is 3.97. The molecule has 1 aromatic carbocycles. The zero-order valence-corrected chi connectivity index (χ0v) is 20.0. The highest BCUT2D eigenvalue weighted by atomic mass is 32.2. The van der Waals surface area contributed by atoms with Crippen LogP contribution >= 0.6 is 0 Å². The minimum absolute atomic E-state index is 0.196. The first-order valence-electron chi connectivity index (χ1n) is 11.4. The van der Waals surface area contributed by atoms with Gasteiger partial charge in [0.2, 0.25) is 27.5 Å². The number of nitrogens with one attached hydrogen (secondary N) is 1. The van der Waals surface area contributed by atoms with Gasteiger partial charge in [-0.25, -0.2) is 8.42 Å². The average Bonchev–Trinajstić information content (AvgIpc) is 3.22. The van der Waals surface area contributed by atoms with Crippen molar-refractivity contribution >= 4 is 15.9 Å². The maximum absolute atomic E-state index is 13.0. The SMILES string of the molecule is CCN(CC)CCCNc1oc(-c2ccc(S(=O)(=O)N3CCCC(C)C3)cc2)nc1C#N. The van der Waals surface area contributed by atoms with E-state index in [2.05, 4.69) is 42.0 Å². The fraction of sp³-hybridized carbons (Fsp3) is 0.565. The molecule has 1 aliphatic heterocycles. The summed E-state index contributed by atoms with van der Waals surface area (Å²) in [6.45, 7) is 11.1. The van der Waals surface area contributed by atoms with Crippen LogP contribution in [0.3, 0.4) is 0 Å². The molecule has 1 N–H and O–H groups in total. The van der Waals surface area contributed by atoms with Crippen molar-refractivity contribution in [2.75, 3.05) is 44.6 Å². The normalized spacial score (nSPS) is 17.4. The summed E-state index contributed by atoms with van der Waals surface area (Å²) in [6.07, 6.45) is 2.86. The Labute approximate surface area is 191 Å². The molecule has 0 saturated carbocycles. The van der Waals surface area contributed by atoms with Gasteiger partial charge in [0, 0.05) is 25.2 Å². The summed E-state index contributed by atoms with van der Waals surface area (Å²) in [6, 6.07) is 8.58. The van der Waals surface area contributed by atoms with Gasteiger partial charge in [-0.2, -0.15) is 14.6 Å². The van der Waals surface area contributed by atoms with Crippen molar-refractivity contribution < 1.29 is 12.8 Å². The molecule has 8 nitrogen and oxygen atoms in total. The molecule has 32 heavy (non-hydrogen) atoms. The van der Waals surface area contributed by atoms with Crippen molar-refractivity contribution in [1.82, 2.24) is 14.2 Å². The average molecular weight is 460 g/mol. The Bertz CT molecular complexity index is 1020. The molecular weight excluding hydrogens is 426 g/mol. The Hall–Kier alpha value is -2.41. The van der Waals surface area contributed by atoms with Crippen LogP contribution in [0.15, 0.2) is 33.6 Å². The van der Waals surface area contributed by atoms with E-state index in [1.807, 2.05) is 0 Å². The maximum atomic E-state index is 13.0. The van der Waals surface area contributed by atoms with E-state index in [1.54, 1.807) is 28.6 Å². The van der Waals surface area contributed by atoms with Crippen molar-refractivity contribution in [2.45, 2.75) is 44.9 Å². The number of oxazole rings is 1. The second-order valence-electron chi connectivity index (χ2n) is 8.25. The summed E-state index contributed by atoms with van der Waals surface area (Å²) in [5.41, 5.74) is 0.825. The van der Waals surface area contributed by atoms with E-state index in [9.17, 15) is 13.7 Å². The molecule has 0 amide bonds. The first kappa shape index (κ1) is 24.2. The van der Waals surface area contributed by atoms with Crippen LogP contribution in [0.1, 0.15) is 45.7 Å². The monoisotopic (exact) mass is 459 g/mol. The third-order valence-corrected chi connectivity index (χ3v) is 7.80. The molecule has 1 unspecified atom stereocenters. The van der Waals surface area contributed by atoms with E-state index in [4.69, 9.17) is 4.42 Å². The van der Waals surface area contributed by atoms with Crippen molar-refractivity contribution in [3.8, 4) is 17.5 Å². The predicted octanol–water partition coefficient (Wildman–Crippen LogP) is 3.78. The van der Waals surface area contributed by atoms with Gasteiger partial charge in [0.15, 0.2) is 0 Å². The summed E-state index contributed by atoms with van der Waals surface area (Å²) in [4.78, 5) is 6.87. The largest absolute Gasteiger partial charge is 0.419 e. The molecule has 0 spiro atoms. The first-order chi connectivity index (χ1) is 15.4. The molecule has 2 aromatic rings. The van der Waals surface area contributed by atoms with Gasteiger partial charge in [0.05, 0.1) is 4.90 Å². The topological polar surface area (TPSA) is 102 Å². The van der Waals surface area contributed by atoms with E-state index in [-0.39, 0.29) is 10.6 Å². The number of hydrogen-bond donors (Lipinski definition) is 1. The number of sulfonamides is 1. The molecule has 0 radical (unpaired) electrons. The number of benzene rings is 1. The highest BCUT2D eigenvalue weighted by Gasteiger charge is 2.28. The van der Waals surface area contributed by atoms with Crippen LogP contribution in [0.5, 0.6) is 0 Å². The standard InChI is InChI=1S/C23H33N5O3S/c1-4-27(5-2)14-7-13-25-23-21(16-24)26-22(31-23)19-9-11-20(12-10-19)32(29,30)28-15-6-8-18(3)17-28/h9-12,18,25H,4-8,13-15,17H2,1-3H3. The first-order valence-corrected chi connectivity index (χ1v) is 12.8. The predicted molar refractivity (Wildman–Crippen MR) is 125 cm³/mol. The fourth-order valence-corrected chi connectivity index (χ4v) is 5.57. The lowest BCUT2D eigenvalue weighted by Gasteiger charge is -2.30. The van der Waals surface area contributed by atoms with Crippen LogP contribution in [0.2, 0.25) is 0 Å². The van der Waals surface area contributed by atoms with Crippen molar-refractivity contribution in [3.63, 3.8) is 0 Å². The number of anilines is 1. The number of hydrogen-bond acceptors (Lipinski definition) is 7. The lowest BCUT2D eigenvalue weighted by molar-refractivity contribution is 0.281. The highest BCUT2D eigenvalue weighted by Crippen LogP contribution is 2.28. The third kappa shape index (κ3) is 5.68. The lowest BCUT2D eigenvalue weighted by atomic mass is 10.0. The summed E-state index contributed by atoms with van der Waals surface area (Å²) in [5, 5.41) is 12.6. The number of nitriles is 1. The Kier molecular flexibility index (Phi) is 8.29. The number of rotatable bonds is 10. The zero-order chi connectivity index (χ0) is 23.1.